The maximum absolute atomic E-state index is 2.60. The number of benzene rings is 8. The van der Waals surface area contributed by atoms with E-state index < -0.39 is 40.1 Å². The molecule has 368 valence electrons. The zero-order valence-corrected chi connectivity index (χ0v) is 54.8. The molecular formula is C68H64Cl2Hf2Si2-2. The Balaban J connectivity index is 0.000000177. The van der Waals surface area contributed by atoms with Gasteiger partial charge in [0.15, 0.2) is 0 Å². The van der Waals surface area contributed by atoms with Gasteiger partial charge in [0.25, 0.3) is 0 Å². The Bertz CT molecular complexity index is 3410. The van der Waals surface area contributed by atoms with E-state index in [1.165, 1.54) is 87.6 Å². The summed E-state index contributed by atoms with van der Waals surface area (Å²) < 4.78 is 7.46. The predicted molar refractivity (Wildman–Crippen MR) is 312 cm³/mol. The van der Waals surface area contributed by atoms with Gasteiger partial charge in [-0.1, -0.05) is 0 Å². The van der Waals surface area contributed by atoms with Crippen LogP contribution < -0.4 is 24.8 Å². The minimum Gasteiger partial charge on any atom is -1.00 e. The third kappa shape index (κ3) is 10.6. The molecule has 8 aromatic rings. The Labute approximate surface area is 468 Å². The average molecular weight is 1370 g/mol. The van der Waals surface area contributed by atoms with Crippen molar-refractivity contribution in [1.82, 2.24) is 0 Å². The molecule has 0 aromatic heterocycles. The summed E-state index contributed by atoms with van der Waals surface area (Å²) in [5.74, 6) is 0. The second-order valence-electron chi connectivity index (χ2n) is 20.9. The van der Waals surface area contributed by atoms with Crippen LogP contribution in [0.1, 0.15) is 75.6 Å². The molecule has 0 bridgehead atoms. The van der Waals surface area contributed by atoms with Gasteiger partial charge in [0.1, 0.15) is 0 Å². The molecule has 0 N–H and O–H groups in total. The average Bonchev–Trinajstić information content (AvgIpc) is 4.18. The largest absolute Gasteiger partial charge is 1.00 e. The second-order valence-corrected chi connectivity index (χ2v) is 68.7. The summed E-state index contributed by atoms with van der Waals surface area (Å²) in [6.45, 7) is 20.0. The van der Waals surface area contributed by atoms with Crippen molar-refractivity contribution >= 4 is 76.4 Å². The summed E-state index contributed by atoms with van der Waals surface area (Å²) in [5, 5.41) is 10.9. The van der Waals surface area contributed by atoms with Gasteiger partial charge in [-0.25, -0.2) is 0 Å². The predicted octanol–water partition coefficient (Wildman–Crippen LogP) is 13.4. The quantitative estimate of drug-likeness (QED) is 0.133. The van der Waals surface area contributed by atoms with E-state index in [2.05, 4.69) is 248 Å². The van der Waals surface area contributed by atoms with Gasteiger partial charge in [-0.2, -0.15) is 0 Å². The van der Waals surface area contributed by atoms with Crippen molar-refractivity contribution in [2.75, 3.05) is 0 Å². The first-order chi connectivity index (χ1) is 35.0. The van der Waals surface area contributed by atoms with Gasteiger partial charge in [0.2, 0.25) is 0 Å². The van der Waals surface area contributed by atoms with Crippen LogP contribution in [0.4, 0.5) is 0 Å². The first-order valence-corrected chi connectivity index (χ1v) is 48.9. The van der Waals surface area contributed by atoms with Crippen LogP contribution in [0.2, 0.25) is 26.2 Å². The van der Waals surface area contributed by atoms with E-state index >= 15 is 0 Å². The molecule has 8 aromatic carbocycles. The standard InChI is InChI=1S/4C16H13.2C2H6Si.2ClH.2Hf/c4*1-12-9-10-14(11-12)16-8-4-6-13-5-2-3-7-15(13)16;2*1-3-2;;;;/h4*2-8,11H,10H2,1H3;2*1-2H3;2*1H;;/p-2. The van der Waals surface area contributed by atoms with Crippen LogP contribution in [0.5, 0.6) is 0 Å². The number of hydrogen-bond donors (Lipinski definition) is 0. The second kappa shape index (κ2) is 23.4. The normalized spacial score (nSPS) is 15.2. The minimum absolute atomic E-state index is 0. The first-order valence-electron chi connectivity index (χ1n) is 25.9. The Morgan fingerprint density at radius 1 is 0.284 bits per heavy atom. The molecule has 0 aliphatic heterocycles. The van der Waals surface area contributed by atoms with E-state index in [0.29, 0.717) is 0 Å². The van der Waals surface area contributed by atoms with Crippen LogP contribution in [0, 0.1) is 0 Å². The summed E-state index contributed by atoms with van der Waals surface area (Å²) in [6, 6.07) is 62.6. The Hall–Kier alpha value is -4.53. The number of hydrogen-bond acceptors (Lipinski definition) is 0. The van der Waals surface area contributed by atoms with Gasteiger partial charge in [0, 0.05) is 0 Å². The van der Waals surface area contributed by atoms with E-state index in [1.54, 1.807) is 22.3 Å². The van der Waals surface area contributed by atoms with Crippen LogP contribution in [0.15, 0.2) is 230 Å². The van der Waals surface area contributed by atoms with Gasteiger partial charge < -0.3 is 24.8 Å². The monoisotopic (exact) mass is 1370 g/mol. The number of halogens is 2. The zero-order chi connectivity index (χ0) is 49.6. The van der Waals surface area contributed by atoms with E-state index in [-0.39, 0.29) is 35.8 Å². The van der Waals surface area contributed by atoms with Gasteiger partial charge in [-0.3, -0.25) is 0 Å². The van der Waals surface area contributed by atoms with Gasteiger partial charge in [-0.15, -0.1) is 0 Å². The SMILES string of the molecule is CC1=[C]([Hf]([C]2=C(C)C=C(c3cccc4ccccc34)C2)=[Si](C)C)CC(c2cccc3ccccc23)=C1.CC1=[C]([Hf]([C]2=C(C)C=C(c3cccc4ccccc34)C2)=[Si](C)C)CC(c2cccc3ccccc23)=C1.[Cl-].[Cl-]. The van der Waals surface area contributed by atoms with E-state index in [9.17, 15) is 0 Å². The molecule has 4 aliphatic carbocycles. The summed E-state index contributed by atoms with van der Waals surface area (Å²) in [6.07, 6.45) is 14.8. The molecule has 0 spiro atoms. The number of allylic oxidation sites excluding steroid dienone is 16. The van der Waals surface area contributed by atoms with Gasteiger partial charge in [-0.05, 0) is 0 Å². The summed E-state index contributed by atoms with van der Waals surface area (Å²) in [4.78, 5) is 0. The van der Waals surface area contributed by atoms with E-state index in [0.717, 1.165) is 25.7 Å². The van der Waals surface area contributed by atoms with Crippen LogP contribution in [0.3, 0.4) is 0 Å². The molecule has 0 atom stereocenters. The third-order valence-corrected chi connectivity index (χ3v) is 66.0. The van der Waals surface area contributed by atoms with Crippen molar-refractivity contribution in [2.45, 2.75) is 79.6 Å². The summed E-state index contributed by atoms with van der Waals surface area (Å²) >= 11 is -4.35. The van der Waals surface area contributed by atoms with Crippen molar-refractivity contribution in [1.29, 1.82) is 0 Å². The molecule has 12 rings (SSSR count). The number of fused-ring (bicyclic) bond motifs is 4. The maximum Gasteiger partial charge on any atom is -1.00 e. The topological polar surface area (TPSA) is 0 Å². The molecule has 0 nitrogen and oxygen atoms in total. The zero-order valence-electron chi connectivity index (χ0n) is 44.1. The molecule has 0 amide bonds. The van der Waals surface area contributed by atoms with Crippen molar-refractivity contribution < 1.29 is 64.9 Å². The van der Waals surface area contributed by atoms with E-state index in [1.807, 2.05) is 13.3 Å². The van der Waals surface area contributed by atoms with Gasteiger partial charge in [0.05, 0.1) is 0 Å². The fraction of sp³-hybridized carbons (Fsp3) is 0.176. The van der Waals surface area contributed by atoms with Gasteiger partial charge >= 0.3 is 448 Å². The fourth-order valence-electron chi connectivity index (χ4n) is 12.3. The third-order valence-electron chi connectivity index (χ3n) is 15.7. The maximum atomic E-state index is 2.60. The number of rotatable bonds is 8. The molecule has 4 aliphatic rings. The molecule has 0 radical (unpaired) electrons. The summed E-state index contributed by atoms with van der Waals surface area (Å²) in [5.41, 5.74) is 17.4. The van der Waals surface area contributed by atoms with Crippen molar-refractivity contribution in [3.05, 3.63) is 252 Å². The molecule has 0 fully saturated rings. The van der Waals surface area contributed by atoms with Crippen molar-refractivity contribution in [3.8, 4) is 0 Å². The molecule has 0 unspecified atom stereocenters. The van der Waals surface area contributed by atoms with Crippen LogP contribution in [-0.2, 0) is 40.1 Å². The molecular weight excluding hydrogens is 1300 g/mol. The fourth-order valence-corrected chi connectivity index (χ4v) is 64.7. The minimum atomic E-state index is -2.17. The molecule has 0 saturated carbocycles. The van der Waals surface area contributed by atoms with Crippen LogP contribution in [-0.4, -0.2) is 11.0 Å². The Kier molecular flexibility index (Phi) is 17.1. The molecule has 6 heteroatoms. The smallest absolute Gasteiger partial charge is 1.00 e. The van der Waals surface area contributed by atoms with Crippen LogP contribution >= 0.6 is 0 Å². The van der Waals surface area contributed by atoms with Crippen molar-refractivity contribution in [3.63, 3.8) is 0 Å². The summed E-state index contributed by atoms with van der Waals surface area (Å²) in [7, 11) is 0. The molecule has 0 saturated heterocycles. The molecule has 74 heavy (non-hydrogen) atoms. The van der Waals surface area contributed by atoms with E-state index in [4.69, 9.17) is 0 Å². The Morgan fingerprint density at radius 3 is 0.703 bits per heavy atom. The first kappa shape index (κ1) is 54.3. The van der Waals surface area contributed by atoms with Crippen LogP contribution in [0.25, 0.3) is 65.4 Å². The van der Waals surface area contributed by atoms with Crippen molar-refractivity contribution in [2.24, 2.45) is 0 Å². The molecule has 0 heterocycles. The Morgan fingerprint density at radius 2 is 0.486 bits per heavy atom.